The minimum Gasteiger partial charge on any atom is -0.398 e. The molecule has 0 heterocycles. The lowest BCUT2D eigenvalue weighted by molar-refractivity contribution is -0.137. The van der Waals surface area contributed by atoms with E-state index in [1.165, 1.54) is 37.6 Å². The molecule has 0 aromatic heterocycles. The molecule has 0 radical (unpaired) electrons. The third-order valence-corrected chi connectivity index (χ3v) is 6.39. The van der Waals surface area contributed by atoms with Gasteiger partial charge in [0.1, 0.15) is 11.6 Å². The predicted octanol–water partition coefficient (Wildman–Crippen LogP) is 5.47. The van der Waals surface area contributed by atoms with Gasteiger partial charge in [-0.05, 0) is 53.6 Å². The molecule has 37 heavy (non-hydrogen) atoms. The standard InChI is InChI=1S/C25H22F5N3O3S/c1-36-10-9-32-8-7-23(31)22-6-5-16(17-11-19(26)15-20(27)12-17)13-24(22)33-37(34,35)21-4-2-3-18(14-21)25(28,29)30/h2-8,11-15,33H,9-10,31H2,1H3. The minimum absolute atomic E-state index is 0.0693. The van der Waals surface area contributed by atoms with E-state index in [9.17, 15) is 30.4 Å². The van der Waals surface area contributed by atoms with Crippen molar-refractivity contribution in [3.8, 4) is 11.1 Å². The van der Waals surface area contributed by atoms with Crippen molar-refractivity contribution >= 4 is 27.6 Å². The SMILES string of the molecule is COCCN=CC=C(N)c1ccc(-c2cc(F)cc(F)c2)cc1NS(=O)(=O)c1cccc(C(F)(F)F)c1. The summed E-state index contributed by atoms with van der Waals surface area (Å²) in [7, 11) is -3.02. The highest BCUT2D eigenvalue weighted by atomic mass is 32.2. The summed E-state index contributed by atoms with van der Waals surface area (Å²) in [6, 6.07) is 10.1. The number of benzene rings is 3. The fourth-order valence-corrected chi connectivity index (χ4v) is 4.38. The van der Waals surface area contributed by atoms with Crippen molar-refractivity contribution in [1.82, 2.24) is 0 Å². The Morgan fingerprint density at radius 3 is 2.38 bits per heavy atom. The molecular formula is C25H22F5N3O3S. The van der Waals surface area contributed by atoms with E-state index >= 15 is 0 Å². The average Bonchev–Trinajstić information content (AvgIpc) is 2.82. The van der Waals surface area contributed by atoms with Crippen LogP contribution >= 0.6 is 0 Å². The van der Waals surface area contributed by atoms with Crippen molar-refractivity contribution in [2.45, 2.75) is 11.1 Å². The summed E-state index contributed by atoms with van der Waals surface area (Å²) >= 11 is 0. The maximum atomic E-state index is 13.8. The Morgan fingerprint density at radius 2 is 1.73 bits per heavy atom. The molecule has 196 valence electrons. The Balaban J connectivity index is 2.08. The van der Waals surface area contributed by atoms with Gasteiger partial charge in [-0.25, -0.2) is 17.2 Å². The highest BCUT2D eigenvalue weighted by Crippen LogP contribution is 2.33. The van der Waals surface area contributed by atoms with E-state index < -0.39 is 38.3 Å². The maximum Gasteiger partial charge on any atom is 0.416 e. The number of hydrogen-bond donors (Lipinski definition) is 2. The normalized spacial score (nSPS) is 12.8. The second-order valence-electron chi connectivity index (χ2n) is 7.72. The number of ether oxygens (including phenoxy) is 1. The van der Waals surface area contributed by atoms with Crippen molar-refractivity contribution in [2.24, 2.45) is 10.7 Å². The summed E-state index contributed by atoms with van der Waals surface area (Å²) in [5.41, 5.74) is 5.41. The van der Waals surface area contributed by atoms with Crippen molar-refractivity contribution in [3.05, 3.63) is 89.5 Å². The van der Waals surface area contributed by atoms with E-state index in [4.69, 9.17) is 10.5 Å². The lowest BCUT2D eigenvalue weighted by Gasteiger charge is -2.16. The third-order valence-electron chi connectivity index (χ3n) is 5.03. The molecule has 0 saturated carbocycles. The largest absolute Gasteiger partial charge is 0.416 e. The monoisotopic (exact) mass is 539 g/mol. The van der Waals surface area contributed by atoms with Crippen LogP contribution in [0.25, 0.3) is 16.8 Å². The van der Waals surface area contributed by atoms with Crippen LogP contribution < -0.4 is 10.5 Å². The quantitative estimate of drug-likeness (QED) is 0.214. The lowest BCUT2D eigenvalue weighted by Crippen LogP contribution is -2.16. The van der Waals surface area contributed by atoms with Crippen LogP contribution in [0.2, 0.25) is 0 Å². The summed E-state index contributed by atoms with van der Waals surface area (Å²) < 4.78 is 100. The second-order valence-corrected chi connectivity index (χ2v) is 9.40. The molecule has 0 amide bonds. The molecule has 0 unspecified atom stereocenters. The molecule has 0 fully saturated rings. The number of hydrogen-bond acceptors (Lipinski definition) is 5. The van der Waals surface area contributed by atoms with E-state index in [0.29, 0.717) is 25.3 Å². The van der Waals surface area contributed by atoms with Gasteiger partial charge in [0.2, 0.25) is 0 Å². The van der Waals surface area contributed by atoms with Crippen LogP contribution in [0.4, 0.5) is 27.6 Å². The number of nitrogens with two attached hydrogens (primary N) is 1. The highest BCUT2D eigenvalue weighted by molar-refractivity contribution is 7.92. The zero-order valence-corrected chi connectivity index (χ0v) is 20.2. The van der Waals surface area contributed by atoms with E-state index in [0.717, 1.165) is 30.3 Å². The molecule has 3 aromatic carbocycles. The molecule has 0 aliphatic heterocycles. The molecule has 0 spiro atoms. The Morgan fingerprint density at radius 1 is 1.03 bits per heavy atom. The third kappa shape index (κ3) is 7.37. The molecule has 0 bridgehead atoms. The Bertz CT molecular complexity index is 1420. The molecule has 3 rings (SSSR count). The first-order valence-corrected chi connectivity index (χ1v) is 12.1. The van der Waals surface area contributed by atoms with Crippen LogP contribution in [0.5, 0.6) is 0 Å². The predicted molar refractivity (Wildman–Crippen MR) is 131 cm³/mol. The number of allylic oxidation sites excluding steroid dienone is 1. The van der Waals surface area contributed by atoms with Gasteiger partial charge in [0.15, 0.2) is 0 Å². The number of nitrogens with one attached hydrogen (secondary N) is 1. The van der Waals surface area contributed by atoms with Gasteiger partial charge in [-0.1, -0.05) is 18.2 Å². The van der Waals surface area contributed by atoms with Crippen molar-refractivity contribution in [1.29, 1.82) is 0 Å². The van der Waals surface area contributed by atoms with Crippen molar-refractivity contribution in [2.75, 3.05) is 25.0 Å². The van der Waals surface area contributed by atoms with Crippen LogP contribution in [-0.4, -0.2) is 34.9 Å². The van der Waals surface area contributed by atoms with Crippen LogP contribution in [0.15, 0.2) is 76.6 Å². The number of alkyl halides is 3. The van der Waals surface area contributed by atoms with Crippen LogP contribution in [0.3, 0.4) is 0 Å². The van der Waals surface area contributed by atoms with Gasteiger partial charge >= 0.3 is 6.18 Å². The molecule has 12 heteroatoms. The topological polar surface area (TPSA) is 93.8 Å². The summed E-state index contributed by atoms with van der Waals surface area (Å²) in [6.45, 7) is 0.713. The molecule has 0 aliphatic rings. The van der Waals surface area contributed by atoms with Crippen LogP contribution in [0.1, 0.15) is 11.1 Å². The second kappa shape index (κ2) is 11.5. The van der Waals surface area contributed by atoms with Gasteiger partial charge in [-0.2, -0.15) is 13.2 Å². The van der Waals surface area contributed by atoms with Gasteiger partial charge in [0.05, 0.1) is 29.3 Å². The van der Waals surface area contributed by atoms with Gasteiger partial charge in [0.25, 0.3) is 10.0 Å². The molecular weight excluding hydrogens is 517 g/mol. The number of anilines is 1. The number of rotatable bonds is 9. The minimum atomic E-state index is -4.76. The van der Waals surface area contributed by atoms with Gasteiger partial charge in [-0.15, -0.1) is 0 Å². The van der Waals surface area contributed by atoms with Gasteiger partial charge in [-0.3, -0.25) is 9.71 Å². The fourth-order valence-electron chi connectivity index (χ4n) is 3.27. The highest BCUT2D eigenvalue weighted by Gasteiger charge is 2.31. The van der Waals surface area contributed by atoms with E-state index in [1.54, 1.807) is 0 Å². The van der Waals surface area contributed by atoms with E-state index in [2.05, 4.69) is 9.71 Å². The number of halogens is 5. The molecule has 6 nitrogen and oxygen atoms in total. The van der Waals surface area contributed by atoms with E-state index in [-0.39, 0.29) is 28.1 Å². The Kier molecular flexibility index (Phi) is 8.66. The van der Waals surface area contributed by atoms with Crippen molar-refractivity contribution < 1.29 is 35.1 Å². The van der Waals surface area contributed by atoms with Gasteiger partial charge < -0.3 is 10.5 Å². The van der Waals surface area contributed by atoms with Crippen LogP contribution in [-0.2, 0) is 20.9 Å². The smallest absolute Gasteiger partial charge is 0.398 e. The van der Waals surface area contributed by atoms with Crippen molar-refractivity contribution in [3.63, 3.8) is 0 Å². The van der Waals surface area contributed by atoms with Gasteiger partial charge in [0, 0.05) is 30.7 Å². The zero-order valence-electron chi connectivity index (χ0n) is 19.4. The molecule has 0 aliphatic carbocycles. The maximum absolute atomic E-state index is 13.8. The average molecular weight is 540 g/mol. The zero-order chi connectivity index (χ0) is 27.2. The number of aliphatic imine (C=N–C) groups is 1. The first-order valence-electron chi connectivity index (χ1n) is 10.7. The summed E-state index contributed by atoms with van der Waals surface area (Å²) in [6.07, 6.45) is -1.97. The fraction of sp³-hybridized carbons (Fsp3) is 0.160. The Hall–Kier alpha value is -3.77. The summed E-state index contributed by atoms with van der Waals surface area (Å²) in [4.78, 5) is 3.42. The molecule has 3 aromatic rings. The number of nitrogens with zero attached hydrogens (tertiary/aromatic N) is 1. The lowest BCUT2D eigenvalue weighted by atomic mass is 10.0. The first-order chi connectivity index (χ1) is 17.4. The molecule has 0 atom stereocenters. The summed E-state index contributed by atoms with van der Waals surface area (Å²) in [5.74, 6) is -1.70. The molecule has 3 N–H and O–H groups in total. The summed E-state index contributed by atoms with van der Waals surface area (Å²) in [5, 5.41) is 0. The van der Waals surface area contributed by atoms with E-state index in [1.807, 2.05) is 0 Å². The number of sulfonamides is 1. The first kappa shape index (κ1) is 27.8. The Labute approximate surface area is 210 Å². The van der Waals surface area contributed by atoms with Crippen LogP contribution in [0, 0.1) is 11.6 Å². The molecule has 0 saturated heterocycles. The number of methoxy groups -OCH3 is 1.